The van der Waals surface area contributed by atoms with E-state index in [0.717, 1.165) is 29.3 Å². The second kappa shape index (κ2) is 6.25. The average molecular weight is 336 g/mol. The highest BCUT2D eigenvalue weighted by molar-refractivity contribution is 7.92. The van der Waals surface area contributed by atoms with Crippen molar-refractivity contribution in [1.29, 1.82) is 0 Å². The number of nitro groups is 1. The van der Waals surface area contributed by atoms with Crippen LogP contribution < -0.4 is 9.46 Å². The predicted octanol–water partition coefficient (Wildman–Crippen LogP) is 3.02. The summed E-state index contributed by atoms with van der Waals surface area (Å²) in [5, 5.41) is 10.8. The fraction of sp³-hybridized carbons (Fsp3) is 0.200. The van der Waals surface area contributed by atoms with Crippen LogP contribution in [0, 0.1) is 24.0 Å². The molecule has 0 aliphatic carbocycles. The maximum atomic E-state index is 12.6. The third-order valence-electron chi connectivity index (χ3n) is 3.28. The third kappa shape index (κ3) is 3.59. The molecule has 0 saturated heterocycles. The fourth-order valence-corrected chi connectivity index (χ4v) is 3.31. The lowest BCUT2D eigenvalue weighted by Crippen LogP contribution is -2.15. The van der Waals surface area contributed by atoms with Crippen LogP contribution in [-0.2, 0) is 10.0 Å². The van der Waals surface area contributed by atoms with Gasteiger partial charge in [0.25, 0.3) is 15.7 Å². The first-order chi connectivity index (χ1) is 10.7. The van der Waals surface area contributed by atoms with Crippen molar-refractivity contribution in [1.82, 2.24) is 0 Å². The molecule has 0 fully saturated rings. The Morgan fingerprint density at radius 2 is 1.83 bits per heavy atom. The van der Waals surface area contributed by atoms with Gasteiger partial charge < -0.3 is 4.74 Å². The van der Waals surface area contributed by atoms with Crippen molar-refractivity contribution in [2.45, 2.75) is 18.7 Å². The molecule has 0 unspecified atom stereocenters. The second-order valence-electron chi connectivity index (χ2n) is 5.02. The van der Waals surface area contributed by atoms with E-state index in [-0.39, 0.29) is 16.3 Å². The zero-order valence-corrected chi connectivity index (χ0v) is 13.7. The van der Waals surface area contributed by atoms with Gasteiger partial charge in [-0.2, -0.15) is 0 Å². The van der Waals surface area contributed by atoms with E-state index in [1.165, 1.54) is 7.11 Å². The SMILES string of the molecule is COc1cc([N+](=O)[O-])ccc1S(=O)(=O)Nc1cc(C)ccc1C. The second-order valence-corrected chi connectivity index (χ2v) is 6.67. The summed E-state index contributed by atoms with van der Waals surface area (Å²) in [4.78, 5) is 10.0. The van der Waals surface area contributed by atoms with Crippen LogP contribution in [0.1, 0.15) is 11.1 Å². The number of ether oxygens (including phenoxy) is 1. The molecule has 8 heteroatoms. The molecule has 122 valence electrons. The standard InChI is InChI=1S/C15H16N2O5S/c1-10-4-5-11(2)13(8-10)16-23(20,21)15-7-6-12(17(18)19)9-14(15)22-3/h4-9,16H,1-3H3. The summed E-state index contributed by atoms with van der Waals surface area (Å²) >= 11 is 0. The van der Waals surface area contributed by atoms with Crippen molar-refractivity contribution in [2.75, 3.05) is 11.8 Å². The molecule has 0 radical (unpaired) electrons. The topological polar surface area (TPSA) is 98.5 Å². The quantitative estimate of drug-likeness (QED) is 0.668. The number of benzene rings is 2. The number of hydrogen-bond donors (Lipinski definition) is 1. The molecular weight excluding hydrogens is 320 g/mol. The first-order valence-corrected chi connectivity index (χ1v) is 8.15. The molecule has 1 N–H and O–H groups in total. The fourth-order valence-electron chi connectivity index (χ4n) is 2.04. The summed E-state index contributed by atoms with van der Waals surface area (Å²) in [6.45, 7) is 3.63. The van der Waals surface area contributed by atoms with Gasteiger partial charge in [0.05, 0.1) is 23.8 Å². The normalized spacial score (nSPS) is 11.1. The number of aryl methyl sites for hydroxylation is 2. The van der Waals surface area contributed by atoms with E-state index >= 15 is 0 Å². The van der Waals surface area contributed by atoms with Gasteiger partial charge in [0.2, 0.25) is 0 Å². The van der Waals surface area contributed by atoms with E-state index in [0.29, 0.717) is 5.69 Å². The number of nitro benzene ring substituents is 1. The van der Waals surface area contributed by atoms with Gasteiger partial charge in [-0.1, -0.05) is 12.1 Å². The molecule has 0 aromatic heterocycles. The number of anilines is 1. The maximum absolute atomic E-state index is 12.6. The van der Waals surface area contributed by atoms with Crippen LogP contribution in [0.4, 0.5) is 11.4 Å². The first kappa shape index (κ1) is 16.8. The number of sulfonamides is 1. The third-order valence-corrected chi connectivity index (χ3v) is 4.69. The van der Waals surface area contributed by atoms with Gasteiger partial charge in [-0.15, -0.1) is 0 Å². The minimum Gasteiger partial charge on any atom is -0.495 e. The van der Waals surface area contributed by atoms with Crippen molar-refractivity contribution in [2.24, 2.45) is 0 Å². The van der Waals surface area contributed by atoms with Crippen LogP contribution in [0.15, 0.2) is 41.3 Å². The van der Waals surface area contributed by atoms with Gasteiger partial charge in [-0.05, 0) is 37.1 Å². The molecule has 0 atom stereocenters. The van der Waals surface area contributed by atoms with Crippen LogP contribution in [0.5, 0.6) is 5.75 Å². The molecule has 0 bridgehead atoms. The molecule has 2 rings (SSSR count). The van der Waals surface area contributed by atoms with E-state index < -0.39 is 14.9 Å². The zero-order valence-electron chi connectivity index (χ0n) is 12.9. The van der Waals surface area contributed by atoms with Crippen LogP contribution in [-0.4, -0.2) is 20.5 Å². The van der Waals surface area contributed by atoms with Crippen molar-refractivity contribution in [3.8, 4) is 5.75 Å². The molecule has 23 heavy (non-hydrogen) atoms. The van der Waals surface area contributed by atoms with Gasteiger partial charge in [-0.25, -0.2) is 8.42 Å². The highest BCUT2D eigenvalue weighted by Crippen LogP contribution is 2.30. The molecule has 2 aromatic carbocycles. The number of rotatable bonds is 5. The van der Waals surface area contributed by atoms with Crippen LogP contribution in [0.2, 0.25) is 0 Å². The van der Waals surface area contributed by atoms with E-state index in [4.69, 9.17) is 4.74 Å². The van der Waals surface area contributed by atoms with Gasteiger partial charge in [-0.3, -0.25) is 14.8 Å². The number of non-ortho nitro benzene ring substituents is 1. The molecule has 0 heterocycles. The summed E-state index contributed by atoms with van der Waals surface area (Å²) in [7, 11) is -2.68. The number of hydrogen-bond acceptors (Lipinski definition) is 5. The molecule has 0 spiro atoms. The van der Waals surface area contributed by atoms with Crippen LogP contribution >= 0.6 is 0 Å². The Bertz CT molecular complexity index is 862. The van der Waals surface area contributed by atoms with Crippen molar-refractivity contribution in [3.05, 3.63) is 57.6 Å². The van der Waals surface area contributed by atoms with Crippen molar-refractivity contribution in [3.63, 3.8) is 0 Å². The molecule has 0 aliphatic heterocycles. The minimum absolute atomic E-state index is 0.0861. The summed E-state index contributed by atoms with van der Waals surface area (Å²) in [6.07, 6.45) is 0. The average Bonchev–Trinajstić information content (AvgIpc) is 2.49. The molecule has 0 amide bonds. The van der Waals surface area contributed by atoms with E-state index in [9.17, 15) is 18.5 Å². The molecule has 2 aromatic rings. The molecular formula is C15H16N2O5S. The Kier molecular flexibility index (Phi) is 4.55. The molecule has 7 nitrogen and oxygen atoms in total. The van der Waals surface area contributed by atoms with Gasteiger partial charge in [0.15, 0.2) is 0 Å². The summed E-state index contributed by atoms with van der Waals surface area (Å²) < 4.78 is 32.6. The predicted molar refractivity (Wildman–Crippen MR) is 86.4 cm³/mol. The Labute approximate surface area is 134 Å². The Morgan fingerprint density at radius 3 is 2.43 bits per heavy atom. The monoisotopic (exact) mass is 336 g/mol. The Morgan fingerprint density at radius 1 is 1.13 bits per heavy atom. The summed E-state index contributed by atoms with van der Waals surface area (Å²) in [5.41, 5.74) is 1.88. The van der Waals surface area contributed by atoms with E-state index in [1.807, 2.05) is 13.0 Å². The first-order valence-electron chi connectivity index (χ1n) is 6.67. The summed E-state index contributed by atoms with van der Waals surface area (Å²) in [5.74, 6) is -0.0861. The maximum Gasteiger partial charge on any atom is 0.273 e. The van der Waals surface area contributed by atoms with Crippen LogP contribution in [0.3, 0.4) is 0 Å². The lowest BCUT2D eigenvalue weighted by atomic mass is 10.1. The van der Waals surface area contributed by atoms with Gasteiger partial charge in [0.1, 0.15) is 10.6 Å². The van der Waals surface area contributed by atoms with E-state index in [2.05, 4.69) is 4.72 Å². The lowest BCUT2D eigenvalue weighted by molar-refractivity contribution is -0.385. The highest BCUT2D eigenvalue weighted by atomic mass is 32.2. The summed E-state index contributed by atoms with van der Waals surface area (Å²) in [6, 6.07) is 8.76. The highest BCUT2D eigenvalue weighted by Gasteiger charge is 2.23. The van der Waals surface area contributed by atoms with E-state index in [1.54, 1.807) is 19.1 Å². The lowest BCUT2D eigenvalue weighted by Gasteiger charge is -2.13. The van der Waals surface area contributed by atoms with Gasteiger partial charge in [0, 0.05) is 6.07 Å². The van der Waals surface area contributed by atoms with Crippen molar-refractivity contribution >= 4 is 21.4 Å². The Hall–Kier alpha value is -2.61. The number of methoxy groups -OCH3 is 1. The number of nitrogens with zero attached hydrogens (tertiary/aromatic N) is 1. The molecule has 0 aliphatic rings. The minimum atomic E-state index is -3.94. The molecule has 0 saturated carbocycles. The van der Waals surface area contributed by atoms with Crippen LogP contribution in [0.25, 0.3) is 0 Å². The zero-order chi connectivity index (χ0) is 17.2. The van der Waals surface area contributed by atoms with Crippen molar-refractivity contribution < 1.29 is 18.1 Å². The number of nitrogens with one attached hydrogen (secondary N) is 1. The van der Waals surface area contributed by atoms with Gasteiger partial charge >= 0.3 is 0 Å². The largest absolute Gasteiger partial charge is 0.495 e. The smallest absolute Gasteiger partial charge is 0.273 e. The Balaban J connectivity index is 2.47.